The predicted molar refractivity (Wildman–Crippen MR) is 163 cm³/mol. The normalized spacial score (nSPS) is 14.9. The molecule has 0 N–H and O–H groups in total. The Morgan fingerprint density at radius 2 is 1.03 bits per heavy atom. The summed E-state index contributed by atoms with van der Waals surface area (Å²) < 4.78 is 0. The smallest absolute Gasteiger partial charge is 0.285 e. The van der Waals surface area contributed by atoms with Gasteiger partial charge in [0.1, 0.15) is 0 Å². The maximum Gasteiger partial charge on any atom is 0.285 e. The summed E-state index contributed by atoms with van der Waals surface area (Å²) in [5, 5.41) is 0. The van der Waals surface area contributed by atoms with Crippen molar-refractivity contribution >= 4 is 74.1 Å². The maximum absolute atomic E-state index is 2.61. The van der Waals surface area contributed by atoms with Crippen LogP contribution in [0.5, 0.6) is 0 Å². The lowest BCUT2D eigenvalue weighted by molar-refractivity contribution is 1.28. The third kappa shape index (κ3) is 2.61. The van der Waals surface area contributed by atoms with Crippen LogP contribution in [0, 0.1) is 13.8 Å². The van der Waals surface area contributed by atoms with E-state index in [1.807, 2.05) is 23.2 Å². The third-order valence-electron chi connectivity index (χ3n) is 8.38. The van der Waals surface area contributed by atoms with Gasteiger partial charge in [-0.1, -0.05) is 71.8 Å². The average Bonchev–Trinajstić information content (AvgIpc) is 2.93. The fraction of sp³-hybridized carbons (Fsp3) is 0.0625. The van der Waals surface area contributed by atoms with E-state index in [1.54, 1.807) is 0 Å². The van der Waals surface area contributed by atoms with Crippen molar-refractivity contribution in [3.05, 3.63) is 102 Å². The Bertz CT molecular complexity index is 1720. The van der Waals surface area contributed by atoms with Gasteiger partial charge in [-0.3, -0.25) is 0 Å². The second kappa shape index (κ2) is 7.18. The number of rotatable bonds is 0. The van der Waals surface area contributed by atoms with E-state index < -0.39 is 0 Å². The quantitative estimate of drug-likeness (QED) is 0.232. The first-order chi connectivity index (χ1) is 18.2. The van der Waals surface area contributed by atoms with Crippen LogP contribution in [0.25, 0.3) is 22.3 Å². The highest BCUT2D eigenvalue weighted by atomic mass is 32.2. The highest BCUT2D eigenvalue weighted by molar-refractivity contribution is 8.29. The summed E-state index contributed by atoms with van der Waals surface area (Å²) in [6.45, 7) is 4.45. The number of fused-ring (bicyclic) bond motifs is 10. The van der Waals surface area contributed by atoms with E-state index in [-0.39, 0.29) is 0 Å². The first kappa shape index (κ1) is 20.7. The first-order valence-electron chi connectivity index (χ1n) is 12.9. The maximum atomic E-state index is 2.61. The molecule has 9 rings (SSSR count). The van der Waals surface area contributed by atoms with Crippen LogP contribution in [0.2, 0.25) is 0 Å². The third-order valence-corrected chi connectivity index (χ3v) is 11.1. The summed E-state index contributed by atoms with van der Waals surface area (Å²) in [5.41, 5.74) is 18.2. The Labute approximate surface area is 226 Å². The van der Waals surface area contributed by atoms with Gasteiger partial charge in [0, 0.05) is 26.9 Å². The number of anilines is 3. The van der Waals surface area contributed by atoms with Gasteiger partial charge < -0.3 is 4.90 Å². The topological polar surface area (TPSA) is 3.24 Å². The molecular formula is C32H21B2NS2. The summed E-state index contributed by atoms with van der Waals surface area (Å²) in [5.74, 6) is 0.595. The molecule has 5 heteroatoms. The minimum absolute atomic E-state index is 0.297. The fourth-order valence-corrected chi connectivity index (χ4v) is 9.63. The van der Waals surface area contributed by atoms with Gasteiger partial charge in [-0.2, -0.15) is 23.2 Å². The molecule has 0 aliphatic carbocycles. The SMILES string of the molecule is Cc1ccc2c(c1)B1Sc3ccccc3-c3cc4c5c(c31)N2c1ccc(C)cc1B5Sc1ccccc1-4. The first-order valence-corrected chi connectivity index (χ1v) is 14.7. The Morgan fingerprint density at radius 3 is 1.54 bits per heavy atom. The Morgan fingerprint density at radius 1 is 0.541 bits per heavy atom. The largest absolute Gasteiger partial charge is 0.312 e. The molecule has 0 spiro atoms. The molecule has 4 heterocycles. The van der Waals surface area contributed by atoms with Crippen molar-refractivity contribution in [1.29, 1.82) is 0 Å². The Kier molecular flexibility index (Phi) is 4.03. The van der Waals surface area contributed by atoms with E-state index in [2.05, 4.69) is 110 Å². The standard InChI is InChI=1S/C32H21B2NS2/c1-18-11-13-26-24(15-18)33-30-22(20-7-3-5-9-28(20)36-33)17-23-21-8-4-6-10-29(21)37-34-25-16-19(2)12-14-27(25)35(26)32(30)31(23)34/h3-17H,1-2H3. The molecule has 0 saturated heterocycles. The van der Waals surface area contributed by atoms with Crippen LogP contribution in [0.1, 0.15) is 11.1 Å². The van der Waals surface area contributed by atoms with E-state index in [0.717, 1.165) is 0 Å². The molecule has 0 radical (unpaired) electrons. The summed E-state index contributed by atoms with van der Waals surface area (Å²) in [4.78, 5) is 5.38. The number of hydrogen-bond donors (Lipinski definition) is 0. The van der Waals surface area contributed by atoms with Gasteiger partial charge in [-0.05, 0) is 88.3 Å². The van der Waals surface area contributed by atoms with Crippen LogP contribution in [0.3, 0.4) is 0 Å². The summed E-state index contributed by atoms with van der Waals surface area (Å²) in [6, 6.07) is 34.7. The van der Waals surface area contributed by atoms with E-state index in [9.17, 15) is 0 Å². The molecule has 37 heavy (non-hydrogen) atoms. The van der Waals surface area contributed by atoms with Crippen LogP contribution in [-0.4, -0.2) is 12.0 Å². The Balaban J connectivity index is 1.49. The lowest BCUT2D eigenvalue weighted by Gasteiger charge is -2.47. The molecule has 1 nitrogen and oxygen atoms in total. The number of hydrogen-bond acceptors (Lipinski definition) is 3. The van der Waals surface area contributed by atoms with Gasteiger partial charge in [0.2, 0.25) is 0 Å². The monoisotopic (exact) mass is 505 g/mol. The van der Waals surface area contributed by atoms with Crippen LogP contribution < -0.4 is 26.8 Å². The number of nitrogens with zero attached hydrogens (tertiary/aromatic N) is 1. The lowest BCUT2D eigenvalue weighted by Crippen LogP contribution is -2.59. The van der Waals surface area contributed by atoms with Crippen LogP contribution in [-0.2, 0) is 0 Å². The highest BCUT2D eigenvalue weighted by Crippen LogP contribution is 2.51. The van der Waals surface area contributed by atoms with Crippen molar-refractivity contribution in [2.45, 2.75) is 23.6 Å². The zero-order valence-electron chi connectivity index (χ0n) is 20.6. The van der Waals surface area contributed by atoms with Crippen molar-refractivity contribution in [3.63, 3.8) is 0 Å². The van der Waals surface area contributed by atoms with Crippen molar-refractivity contribution < 1.29 is 0 Å². The Hall–Kier alpha value is -3.27. The lowest BCUT2D eigenvalue weighted by atomic mass is 9.48. The van der Waals surface area contributed by atoms with Crippen LogP contribution >= 0.6 is 23.2 Å². The fourth-order valence-electron chi connectivity index (χ4n) is 6.86. The van der Waals surface area contributed by atoms with E-state index in [0.29, 0.717) is 12.0 Å². The van der Waals surface area contributed by atoms with Gasteiger partial charge in [0.25, 0.3) is 12.0 Å². The molecule has 0 unspecified atom stereocenters. The van der Waals surface area contributed by atoms with Crippen molar-refractivity contribution in [2.24, 2.45) is 0 Å². The summed E-state index contributed by atoms with van der Waals surface area (Å²) in [7, 11) is 0. The molecule has 5 aromatic rings. The molecule has 172 valence electrons. The second-order valence-electron chi connectivity index (χ2n) is 10.6. The highest BCUT2D eigenvalue weighted by Gasteiger charge is 2.48. The molecule has 0 atom stereocenters. The van der Waals surface area contributed by atoms with Gasteiger partial charge in [-0.25, -0.2) is 0 Å². The minimum atomic E-state index is 0.297. The average molecular weight is 505 g/mol. The molecule has 5 aromatic carbocycles. The molecular weight excluding hydrogens is 484 g/mol. The molecule has 0 fully saturated rings. The second-order valence-corrected chi connectivity index (χ2v) is 12.9. The van der Waals surface area contributed by atoms with E-state index >= 15 is 0 Å². The number of aryl methyl sites for hydroxylation is 2. The molecule has 4 aliphatic rings. The summed E-state index contributed by atoms with van der Waals surface area (Å²) >= 11 is 4.06. The minimum Gasteiger partial charge on any atom is -0.312 e. The van der Waals surface area contributed by atoms with Gasteiger partial charge in [0.05, 0.1) is 0 Å². The van der Waals surface area contributed by atoms with Gasteiger partial charge in [0.15, 0.2) is 0 Å². The molecule has 0 aromatic heterocycles. The zero-order chi connectivity index (χ0) is 24.4. The molecule has 0 saturated carbocycles. The predicted octanol–water partition coefficient (Wildman–Crippen LogP) is 6.16. The van der Waals surface area contributed by atoms with Gasteiger partial charge in [-0.15, -0.1) is 0 Å². The van der Waals surface area contributed by atoms with E-state index in [1.165, 1.54) is 82.1 Å². The van der Waals surface area contributed by atoms with Crippen LogP contribution in [0.15, 0.2) is 101 Å². The zero-order valence-corrected chi connectivity index (χ0v) is 22.2. The van der Waals surface area contributed by atoms with Gasteiger partial charge >= 0.3 is 0 Å². The van der Waals surface area contributed by atoms with Crippen molar-refractivity contribution in [2.75, 3.05) is 4.90 Å². The van der Waals surface area contributed by atoms with Crippen LogP contribution in [0.4, 0.5) is 17.1 Å². The van der Waals surface area contributed by atoms with E-state index in [4.69, 9.17) is 0 Å². The van der Waals surface area contributed by atoms with Crippen molar-refractivity contribution in [1.82, 2.24) is 0 Å². The van der Waals surface area contributed by atoms with Crippen molar-refractivity contribution in [3.8, 4) is 22.3 Å². The number of benzene rings is 5. The molecule has 0 bridgehead atoms. The summed E-state index contributed by atoms with van der Waals surface area (Å²) in [6.07, 6.45) is 0. The molecule has 4 aliphatic heterocycles. The molecule has 0 amide bonds.